The van der Waals surface area contributed by atoms with Crippen molar-refractivity contribution >= 4 is 29.2 Å². The summed E-state index contributed by atoms with van der Waals surface area (Å²) in [6.07, 6.45) is -1.74. The Bertz CT molecular complexity index is 942. The maximum absolute atomic E-state index is 11.3. The minimum atomic E-state index is -1.74. The van der Waals surface area contributed by atoms with Crippen LogP contribution in [0.5, 0.6) is 0 Å². The summed E-state index contributed by atoms with van der Waals surface area (Å²) in [4.78, 5) is 11.3. The van der Waals surface area contributed by atoms with Crippen LogP contribution in [0.2, 0.25) is 10.0 Å². The number of aliphatic carboxylic acids is 1. The first-order chi connectivity index (χ1) is 14.7. The fourth-order valence-corrected chi connectivity index (χ4v) is 3.88. The second-order valence-electron chi connectivity index (χ2n) is 7.06. The third-order valence-electron chi connectivity index (χ3n) is 4.98. The van der Waals surface area contributed by atoms with Gasteiger partial charge in [-0.15, -0.1) is 0 Å². The summed E-state index contributed by atoms with van der Waals surface area (Å²) in [6.45, 7) is 1.38. The minimum Gasteiger partial charge on any atom is -0.479 e. The van der Waals surface area contributed by atoms with E-state index in [1.54, 1.807) is 72.8 Å². The average Bonchev–Trinajstić information content (AvgIpc) is 2.76. The van der Waals surface area contributed by atoms with Crippen LogP contribution in [0.1, 0.15) is 29.7 Å². The maximum atomic E-state index is 11.3. The van der Waals surface area contributed by atoms with Crippen LogP contribution in [0.3, 0.4) is 0 Å². The summed E-state index contributed by atoms with van der Waals surface area (Å²) in [5.74, 6) is -1.37. The van der Waals surface area contributed by atoms with Crippen LogP contribution < -0.4 is 5.73 Å². The number of aliphatic hydroxyl groups is 2. The largest absolute Gasteiger partial charge is 0.479 e. The van der Waals surface area contributed by atoms with Gasteiger partial charge in [0.25, 0.3) is 0 Å². The van der Waals surface area contributed by atoms with Gasteiger partial charge in [0.05, 0.1) is 12.0 Å². The van der Waals surface area contributed by atoms with Gasteiger partial charge in [0, 0.05) is 16.1 Å². The van der Waals surface area contributed by atoms with Crippen molar-refractivity contribution in [3.8, 4) is 0 Å². The molecule has 0 saturated heterocycles. The first-order valence-corrected chi connectivity index (χ1v) is 10.3. The molecule has 2 atom stereocenters. The van der Waals surface area contributed by atoms with E-state index in [9.17, 15) is 20.1 Å². The Balaban J connectivity index is 0.000000262. The van der Waals surface area contributed by atoms with Crippen LogP contribution in [-0.2, 0) is 10.2 Å². The SMILES string of the molecule is C[C@@H](N)c1ccc(Cl)cc1Cl.O=C(O)[C@@H](O)C(CO)(c1ccccc1)c1ccccc1. The highest BCUT2D eigenvalue weighted by Gasteiger charge is 2.44. The minimum absolute atomic E-state index is 0.0419. The Morgan fingerprint density at radius 2 is 1.45 bits per heavy atom. The lowest BCUT2D eigenvalue weighted by molar-refractivity contribution is -0.151. The van der Waals surface area contributed by atoms with E-state index in [0.717, 1.165) is 5.56 Å². The van der Waals surface area contributed by atoms with Gasteiger partial charge in [-0.3, -0.25) is 0 Å². The van der Waals surface area contributed by atoms with E-state index in [1.165, 1.54) is 0 Å². The van der Waals surface area contributed by atoms with Crippen LogP contribution in [-0.4, -0.2) is 34.0 Å². The molecule has 0 aliphatic heterocycles. The standard InChI is InChI=1S/C16H16O4.C8H9Cl2N/c17-11-16(14(18)15(19)20,12-7-3-1-4-8-12)13-9-5-2-6-10-13;1-5(11)7-3-2-6(9)4-8(7)10/h1-10,14,17-18H,11H2,(H,19,20);2-5H,11H2,1H3/t14-;5-/m11/s1. The quantitative estimate of drug-likeness (QED) is 0.434. The molecule has 164 valence electrons. The molecule has 3 rings (SSSR count). The Morgan fingerprint density at radius 1 is 0.968 bits per heavy atom. The second kappa shape index (κ2) is 11.3. The van der Waals surface area contributed by atoms with E-state index >= 15 is 0 Å². The van der Waals surface area contributed by atoms with Crippen LogP contribution in [0.15, 0.2) is 78.9 Å². The Kier molecular flexibility index (Phi) is 9.04. The van der Waals surface area contributed by atoms with E-state index < -0.39 is 24.1 Å². The molecular formula is C24H25Cl2NO4. The molecule has 0 fully saturated rings. The Morgan fingerprint density at radius 3 is 1.81 bits per heavy atom. The van der Waals surface area contributed by atoms with E-state index in [2.05, 4.69) is 0 Å². The zero-order valence-corrected chi connectivity index (χ0v) is 18.5. The molecule has 0 saturated carbocycles. The molecule has 7 heteroatoms. The molecular weight excluding hydrogens is 437 g/mol. The maximum Gasteiger partial charge on any atom is 0.333 e. The smallest absolute Gasteiger partial charge is 0.333 e. The Labute approximate surface area is 191 Å². The van der Waals surface area contributed by atoms with Gasteiger partial charge in [0.1, 0.15) is 0 Å². The number of halogens is 2. The number of hydrogen-bond donors (Lipinski definition) is 4. The number of carboxylic acid groups (broad SMARTS) is 1. The number of rotatable bonds is 6. The molecule has 3 aromatic rings. The van der Waals surface area contributed by atoms with Crippen LogP contribution in [0.25, 0.3) is 0 Å². The fraction of sp³-hybridized carbons (Fsp3) is 0.208. The highest BCUT2D eigenvalue weighted by Crippen LogP contribution is 2.35. The van der Waals surface area contributed by atoms with Gasteiger partial charge in [-0.25, -0.2) is 4.79 Å². The molecule has 0 radical (unpaired) electrons. The number of nitrogens with two attached hydrogens (primary N) is 1. The fourth-order valence-electron chi connectivity index (χ4n) is 3.30. The molecule has 0 amide bonds. The zero-order valence-electron chi connectivity index (χ0n) is 17.0. The van der Waals surface area contributed by atoms with Gasteiger partial charge in [-0.2, -0.15) is 0 Å². The lowest BCUT2D eigenvalue weighted by atomic mass is 9.71. The summed E-state index contributed by atoms with van der Waals surface area (Å²) < 4.78 is 0. The topological polar surface area (TPSA) is 104 Å². The second-order valence-corrected chi connectivity index (χ2v) is 7.90. The lowest BCUT2D eigenvalue weighted by Crippen LogP contribution is -2.48. The summed E-state index contributed by atoms with van der Waals surface area (Å²) in [7, 11) is 0. The highest BCUT2D eigenvalue weighted by atomic mass is 35.5. The molecule has 0 unspecified atom stereocenters. The molecule has 5 nitrogen and oxygen atoms in total. The predicted molar refractivity (Wildman–Crippen MR) is 123 cm³/mol. The van der Waals surface area contributed by atoms with E-state index in [-0.39, 0.29) is 6.04 Å². The predicted octanol–water partition coefficient (Wildman–Crippen LogP) is 4.42. The molecule has 31 heavy (non-hydrogen) atoms. The normalized spacial score (nSPS) is 13.0. The van der Waals surface area contributed by atoms with E-state index in [4.69, 9.17) is 28.9 Å². The van der Waals surface area contributed by atoms with Crippen molar-refractivity contribution in [2.24, 2.45) is 5.73 Å². The van der Waals surface area contributed by atoms with E-state index in [1.807, 2.05) is 13.0 Å². The van der Waals surface area contributed by atoms with Crippen molar-refractivity contribution in [2.75, 3.05) is 6.61 Å². The van der Waals surface area contributed by atoms with Crippen molar-refractivity contribution < 1.29 is 20.1 Å². The Hall–Kier alpha value is -2.41. The molecule has 3 aromatic carbocycles. The van der Waals surface area contributed by atoms with Crippen molar-refractivity contribution in [3.05, 3.63) is 106 Å². The third-order valence-corrected chi connectivity index (χ3v) is 5.54. The van der Waals surface area contributed by atoms with Gasteiger partial charge >= 0.3 is 5.97 Å². The summed E-state index contributed by atoms with van der Waals surface area (Å²) in [6, 6.07) is 22.7. The molecule has 0 bridgehead atoms. The summed E-state index contributed by atoms with van der Waals surface area (Å²) in [5.41, 5.74) is 6.30. The van der Waals surface area contributed by atoms with Gasteiger partial charge in [0.15, 0.2) is 6.10 Å². The van der Waals surface area contributed by atoms with Crippen molar-refractivity contribution in [1.82, 2.24) is 0 Å². The van der Waals surface area contributed by atoms with Gasteiger partial charge in [-0.1, -0.05) is 89.9 Å². The third kappa shape index (κ3) is 5.85. The molecule has 0 aliphatic carbocycles. The lowest BCUT2D eigenvalue weighted by Gasteiger charge is -2.35. The highest BCUT2D eigenvalue weighted by molar-refractivity contribution is 6.35. The van der Waals surface area contributed by atoms with Crippen LogP contribution in [0.4, 0.5) is 0 Å². The first-order valence-electron chi connectivity index (χ1n) is 9.57. The number of benzene rings is 3. The number of aliphatic hydroxyl groups excluding tert-OH is 2. The molecule has 0 aliphatic rings. The van der Waals surface area contributed by atoms with Gasteiger partial charge in [0.2, 0.25) is 0 Å². The van der Waals surface area contributed by atoms with Crippen molar-refractivity contribution in [2.45, 2.75) is 24.5 Å². The zero-order chi connectivity index (χ0) is 23.0. The number of carboxylic acids is 1. The monoisotopic (exact) mass is 461 g/mol. The molecule has 0 spiro atoms. The first kappa shape index (κ1) is 24.9. The number of hydrogen-bond acceptors (Lipinski definition) is 4. The van der Waals surface area contributed by atoms with Crippen molar-refractivity contribution in [1.29, 1.82) is 0 Å². The summed E-state index contributed by atoms with van der Waals surface area (Å²) in [5, 5.41) is 30.5. The number of carbonyl (C=O) groups is 1. The average molecular weight is 462 g/mol. The summed E-state index contributed by atoms with van der Waals surface area (Å²) >= 11 is 11.6. The molecule has 0 aromatic heterocycles. The van der Waals surface area contributed by atoms with Crippen LogP contribution in [0, 0.1) is 0 Å². The van der Waals surface area contributed by atoms with Crippen LogP contribution >= 0.6 is 23.2 Å². The van der Waals surface area contributed by atoms with E-state index in [0.29, 0.717) is 21.2 Å². The van der Waals surface area contributed by atoms with Crippen molar-refractivity contribution in [3.63, 3.8) is 0 Å². The molecule has 5 N–H and O–H groups in total. The van der Waals surface area contributed by atoms with Gasteiger partial charge < -0.3 is 21.1 Å². The van der Waals surface area contributed by atoms with Gasteiger partial charge in [-0.05, 0) is 35.7 Å². The molecule has 0 heterocycles.